The lowest BCUT2D eigenvalue weighted by molar-refractivity contribution is -0.131. The lowest BCUT2D eigenvalue weighted by Gasteiger charge is -2.35. The molecule has 0 spiro atoms. The number of hydrogen-bond donors (Lipinski definition) is 3. The summed E-state index contributed by atoms with van der Waals surface area (Å²) in [6.45, 7) is 4.32. The molecule has 10 nitrogen and oxygen atoms in total. The average Bonchev–Trinajstić information content (AvgIpc) is 3.08. The van der Waals surface area contributed by atoms with Crippen molar-refractivity contribution in [2.75, 3.05) is 26.4 Å². The van der Waals surface area contributed by atoms with Crippen LogP contribution in [0.4, 0.5) is 0 Å². The van der Waals surface area contributed by atoms with Crippen molar-refractivity contribution in [3.05, 3.63) is 5.69 Å². The number of aliphatic hydroxyl groups excluding tert-OH is 1. The van der Waals surface area contributed by atoms with E-state index in [2.05, 4.69) is 25.6 Å². The van der Waals surface area contributed by atoms with Gasteiger partial charge < -0.3 is 25.2 Å². The van der Waals surface area contributed by atoms with Crippen LogP contribution < -0.4 is 15.4 Å². The molecule has 1 aromatic rings. The van der Waals surface area contributed by atoms with Crippen molar-refractivity contribution in [1.29, 1.82) is 0 Å². The van der Waals surface area contributed by atoms with Gasteiger partial charge in [-0.3, -0.25) is 9.59 Å². The Morgan fingerprint density at radius 1 is 1.30 bits per heavy atom. The Kier molecular flexibility index (Phi) is 8.46. The number of nitrogens with zero attached hydrogens (tertiary/aromatic N) is 2. The summed E-state index contributed by atoms with van der Waals surface area (Å²) >= 11 is 0. The van der Waals surface area contributed by atoms with Gasteiger partial charge in [0.1, 0.15) is 18.9 Å². The second-order valence-electron chi connectivity index (χ2n) is 6.55. The summed E-state index contributed by atoms with van der Waals surface area (Å²) < 4.78 is 15.7. The van der Waals surface area contributed by atoms with Gasteiger partial charge in [0.25, 0.3) is 5.88 Å². The van der Waals surface area contributed by atoms with E-state index >= 15 is 0 Å². The number of rotatable bonds is 10. The molecule has 1 saturated carbocycles. The van der Waals surface area contributed by atoms with Gasteiger partial charge in [-0.1, -0.05) is 12.1 Å². The van der Waals surface area contributed by atoms with Crippen molar-refractivity contribution >= 4 is 11.8 Å². The van der Waals surface area contributed by atoms with Gasteiger partial charge >= 0.3 is 0 Å². The van der Waals surface area contributed by atoms with Gasteiger partial charge in [0.05, 0.1) is 18.7 Å². The van der Waals surface area contributed by atoms with Gasteiger partial charge in [0.2, 0.25) is 11.8 Å². The molecule has 1 fully saturated rings. The number of carbonyl (C=O) groups is 2. The van der Waals surface area contributed by atoms with Crippen molar-refractivity contribution in [3.63, 3.8) is 0 Å². The molecule has 0 aromatic carbocycles. The van der Waals surface area contributed by atoms with E-state index in [4.69, 9.17) is 14.6 Å². The molecule has 1 heterocycles. The highest BCUT2D eigenvalue weighted by molar-refractivity contribution is 5.79. The largest absolute Gasteiger partial charge is 0.472 e. The molecule has 0 unspecified atom stereocenters. The zero-order valence-electron chi connectivity index (χ0n) is 15.8. The lowest BCUT2D eigenvalue weighted by atomic mass is 9.83. The predicted octanol–water partition coefficient (Wildman–Crippen LogP) is -0.0546. The Balaban J connectivity index is 1.79. The third-order valence-electron chi connectivity index (χ3n) is 4.43. The third kappa shape index (κ3) is 6.47. The van der Waals surface area contributed by atoms with Gasteiger partial charge in [-0.15, -0.1) is 0 Å². The van der Waals surface area contributed by atoms with Crippen LogP contribution in [0.1, 0.15) is 38.3 Å². The molecule has 0 radical (unpaired) electrons. The number of aryl methyl sites for hydroxylation is 1. The minimum absolute atomic E-state index is 0.0919. The molecule has 1 aliphatic rings. The van der Waals surface area contributed by atoms with E-state index in [-0.39, 0.29) is 30.6 Å². The van der Waals surface area contributed by atoms with Crippen LogP contribution in [-0.4, -0.2) is 65.7 Å². The SMILES string of the molecule is CCCO[C@@H]1CC[C@H](C(=O)NCCOc2nonc2C)C[C@H]1NC(=O)CO. The third-order valence-corrected chi connectivity index (χ3v) is 4.43. The van der Waals surface area contributed by atoms with Crippen LogP contribution in [0.15, 0.2) is 4.63 Å². The van der Waals surface area contributed by atoms with Crippen LogP contribution in [-0.2, 0) is 14.3 Å². The molecule has 0 saturated heterocycles. The van der Waals surface area contributed by atoms with Crippen LogP contribution >= 0.6 is 0 Å². The molecule has 27 heavy (non-hydrogen) atoms. The first-order valence-corrected chi connectivity index (χ1v) is 9.26. The Morgan fingerprint density at radius 3 is 2.78 bits per heavy atom. The summed E-state index contributed by atoms with van der Waals surface area (Å²) in [5, 5.41) is 21.8. The highest BCUT2D eigenvalue weighted by atomic mass is 16.6. The monoisotopic (exact) mass is 384 g/mol. The van der Waals surface area contributed by atoms with Gasteiger partial charge in [-0.05, 0) is 37.8 Å². The summed E-state index contributed by atoms with van der Waals surface area (Å²) in [5.41, 5.74) is 0.550. The van der Waals surface area contributed by atoms with Gasteiger partial charge in [0, 0.05) is 12.5 Å². The molecule has 1 aliphatic carbocycles. The lowest BCUT2D eigenvalue weighted by Crippen LogP contribution is -2.51. The van der Waals surface area contributed by atoms with E-state index in [0.717, 1.165) is 6.42 Å². The maximum atomic E-state index is 12.4. The first-order chi connectivity index (χ1) is 13.0. The molecular formula is C17H28N4O6. The van der Waals surface area contributed by atoms with E-state index in [0.29, 0.717) is 44.0 Å². The number of amides is 2. The van der Waals surface area contributed by atoms with Gasteiger partial charge in [-0.2, -0.15) is 0 Å². The summed E-state index contributed by atoms with van der Waals surface area (Å²) in [7, 11) is 0. The molecular weight excluding hydrogens is 356 g/mol. The number of aromatic nitrogens is 2. The summed E-state index contributed by atoms with van der Waals surface area (Å²) in [6.07, 6.45) is 2.56. The Bertz CT molecular complexity index is 608. The van der Waals surface area contributed by atoms with Crippen LogP contribution in [0, 0.1) is 12.8 Å². The zero-order valence-corrected chi connectivity index (χ0v) is 15.8. The van der Waals surface area contributed by atoms with Crippen molar-refractivity contribution < 1.29 is 28.8 Å². The Morgan fingerprint density at radius 2 is 2.11 bits per heavy atom. The number of hydrogen-bond acceptors (Lipinski definition) is 8. The van der Waals surface area contributed by atoms with Crippen LogP contribution in [0.5, 0.6) is 5.88 Å². The van der Waals surface area contributed by atoms with Crippen LogP contribution in [0.2, 0.25) is 0 Å². The smallest absolute Gasteiger partial charge is 0.278 e. The van der Waals surface area contributed by atoms with Crippen molar-refractivity contribution in [3.8, 4) is 5.88 Å². The fraction of sp³-hybridized carbons (Fsp3) is 0.765. The molecule has 2 rings (SSSR count). The Hall–Kier alpha value is -2.20. The fourth-order valence-corrected chi connectivity index (χ4v) is 3.07. The first-order valence-electron chi connectivity index (χ1n) is 9.26. The predicted molar refractivity (Wildman–Crippen MR) is 93.9 cm³/mol. The molecule has 152 valence electrons. The van der Waals surface area contributed by atoms with E-state index in [1.54, 1.807) is 6.92 Å². The number of aliphatic hydroxyl groups is 1. The second kappa shape index (κ2) is 10.8. The van der Waals surface area contributed by atoms with Crippen molar-refractivity contribution in [2.24, 2.45) is 5.92 Å². The van der Waals surface area contributed by atoms with E-state index < -0.39 is 12.5 Å². The maximum absolute atomic E-state index is 12.4. The zero-order chi connectivity index (χ0) is 19.6. The highest BCUT2D eigenvalue weighted by Crippen LogP contribution is 2.27. The van der Waals surface area contributed by atoms with E-state index in [1.165, 1.54) is 0 Å². The first kappa shape index (κ1) is 21.1. The molecule has 3 atom stereocenters. The maximum Gasteiger partial charge on any atom is 0.278 e. The molecule has 0 bridgehead atoms. The second-order valence-corrected chi connectivity index (χ2v) is 6.55. The topological polar surface area (TPSA) is 136 Å². The standard InChI is InChI=1S/C17H28N4O6/c1-3-7-25-14-5-4-12(9-13(14)19-15(23)10-22)16(24)18-6-8-26-17-11(2)20-27-21-17/h12-14,22H,3-10H2,1-2H3,(H,18,24)(H,19,23)/t12-,13+,14+/m0/s1. The van der Waals surface area contributed by atoms with Crippen LogP contribution in [0.3, 0.4) is 0 Å². The normalized spacial score (nSPS) is 22.3. The van der Waals surface area contributed by atoms with Gasteiger partial charge in [0.15, 0.2) is 0 Å². The molecule has 0 aliphatic heterocycles. The van der Waals surface area contributed by atoms with Crippen molar-refractivity contribution in [2.45, 2.75) is 51.7 Å². The summed E-state index contributed by atoms with van der Waals surface area (Å²) in [6, 6.07) is -0.291. The van der Waals surface area contributed by atoms with Crippen LogP contribution in [0.25, 0.3) is 0 Å². The fourth-order valence-electron chi connectivity index (χ4n) is 3.07. The summed E-state index contributed by atoms with van der Waals surface area (Å²) in [5.74, 6) is -0.475. The van der Waals surface area contributed by atoms with Crippen molar-refractivity contribution in [1.82, 2.24) is 20.9 Å². The number of carbonyl (C=O) groups excluding carboxylic acids is 2. The minimum atomic E-state index is -0.582. The Labute approximate surface area is 157 Å². The molecule has 10 heteroatoms. The molecule has 3 N–H and O–H groups in total. The van der Waals surface area contributed by atoms with Gasteiger partial charge in [-0.25, -0.2) is 4.63 Å². The van der Waals surface area contributed by atoms with E-state index in [9.17, 15) is 9.59 Å². The highest BCUT2D eigenvalue weighted by Gasteiger charge is 2.35. The minimum Gasteiger partial charge on any atom is -0.472 e. The number of nitrogens with one attached hydrogen (secondary N) is 2. The average molecular weight is 384 g/mol. The quantitative estimate of drug-likeness (QED) is 0.478. The number of ether oxygens (including phenoxy) is 2. The molecule has 2 amide bonds. The molecule has 1 aromatic heterocycles. The summed E-state index contributed by atoms with van der Waals surface area (Å²) in [4.78, 5) is 24.0. The van der Waals surface area contributed by atoms with E-state index in [1.807, 2.05) is 6.92 Å².